The number of carbonyl (C=O) groups excluding carboxylic acids is 2. The van der Waals surface area contributed by atoms with Gasteiger partial charge in [-0.1, -0.05) is 0 Å². The van der Waals surface area contributed by atoms with E-state index >= 15 is 0 Å². The van der Waals surface area contributed by atoms with Gasteiger partial charge in [0, 0.05) is 19.3 Å². The lowest BCUT2D eigenvalue weighted by atomic mass is 9.85. The molecule has 1 saturated carbocycles. The number of rotatable bonds is 6. The highest BCUT2D eigenvalue weighted by Crippen LogP contribution is 2.50. The average molecular weight is 466 g/mol. The Balaban J connectivity index is 1.80. The fourth-order valence-corrected chi connectivity index (χ4v) is 3.96. The number of aromatic nitrogens is 2. The van der Waals surface area contributed by atoms with Crippen LogP contribution in [0.4, 0.5) is 32.2 Å². The van der Waals surface area contributed by atoms with Crippen molar-refractivity contribution in [1.29, 1.82) is 5.26 Å². The van der Waals surface area contributed by atoms with E-state index in [0.717, 1.165) is 0 Å². The Morgan fingerprint density at radius 2 is 1.88 bits per heavy atom. The average Bonchev–Trinajstić information content (AvgIpc) is 3.37. The second kappa shape index (κ2) is 8.27. The number of primary amides is 1. The van der Waals surface area contributed by atoms with Crippen molar-refractivity contribution in [3.05, 3.63) is 11.8 Å². The monoisotopic (exact) mass is 466 g/mol. The normalized spacial score (nSPS) is 23.4. The van der Waals surface area contributed by atoms with Gasteiger partial charge in [-0.05, 0) is 19.3 Å². The van der Waals surface area contributed by atoms with E-state index in [2.05, 4.69) is 10.4 Å². The number of nitrogens with one attached hydrogen (secondary N) is 1. The number of amides is 2. The number of hydrogen-bond acceptors (Lipinski definition) is 5. The van der Waals surface area contributed by atoms with E-state index in [4.69, 9.17) is 5.73 Å². The summed E-state index contributed by atoms with van der Waals surface area (Å²) >= 11 is 0. The summed E-state index contributed by atoms with van der Waals surface area (Å²) in [5, 5.41) is 15.6. The molecule has 2 heterocycles. The van der Waals surface area contributed by atoms with Crippen LogP contribution in [0.25, 0.3) is 0 Å². The maximum atomic E-state index is 12.7. The Hall–Kier alpha value is -2.82. The molecule has 32 heavy (non-hydrogen) atoms. The maximum absolute atomic E-state index is 12.7. The summed E-state index contributed by atoms with van der Waals surface area (Å²) in [4.78, 5) is 25.2. The van der Waals surface area contributed by atoms with E-state index in [0.29, 0.717) is 0 Å². The third-order valence-corrected chi connectivity index (χ3v) is 5.85. The van der Waals surface area contributed by atoms with Crippen LogP contribution in [0.2, 0.25) is 0 Å². The highest BCUT2D eigenvalue weighted by molar-refractivity contribution is 6.02. The standard InChI is InChI=1S/C18H20F6N6O2/c19-17(20,21)9-29-5-2-16(1-4-25,3-6-29)30-8-11(13(26)31)14(28-30)27-15(32)10-7-12(10)18(22,23)24/h8,10,12H,1-3,5-7,9H2,(H2,26,31)(H,27,28,32). The van der Waals surface area contributed by atoms with Crippen molar-refractivity contribution in [3.8, 4) is 6.07 Å². The lowest BCUT2D eigenvalue weighted by Gasteiger charge is -2.40. The molecule has 0 bridgehead atoms. The van der Waals surface area contributed by atoms with Gasteiger partial charge in [0.2, 0.25) is 5.91 Å². The van der Waals surface area contributed by atoms with Gasteiger partial charge in [-0.2, -0.15) is 36.7 Å². The van der Waals surface area contributed by atoms with Crippen LogP contribution in [0.5, 0.6) is 0 Å². The number of nitriles is 1. The summed E-state index contributed by atoms with van der Waals surface area (Å²) in [7, 11) is 0. The Morgan fingerprint density at radius 1 is 1.25 bits per heavy atom. The minimum atomic E-state index is -4.52. The van der Waals surface area contributed by atoms with Gasteiger partial charge >= 0.3 is 12.4 Å². The molecule has 1 aromatic rings. The molecule has 0 aromatic carbocycles. The molecule has 8 nitrogen and oxygen atoms in total. The van der Waals surface area contributed by atoms with Gasteiger partial charge in [-0.25, -0.2) is 0 Å². The zero-order chi connectivity index (χ0) is 23.9. The van der Waals surface area contributed by atoms with Crippen LogP contribution in [0, 0.1) is 23.2 Å². The number of anilines is 1. The first kappa shape index (κ1) is 23.8. The summed E-state index contributed by atoms with van der Waals surface area (Å²) in [6, 6.07) is 1.96. The van der Waals surface area contributed by atoms with Crippen LogP contribution < -0.4 is 11.1 Å². The van der Waals surface area contributed by atoms with Crippen molar-refractivity contribution in [1.82, 2.24) is 14.7 Å². The highest BCUT2D eigenvalue weighted by atomic mass is 19.4. The minimum absolute atomic E-state index is 0.00395. The predicted molar refractivity (Wildman–Crippen MR) is 97.0 cm³/mol. The summed E-state index contributed by atoms with van der Waals surface area (Å²) in [6.45, 7) is -1.10. The van der Waals surface area contributed by atoms with E-state index in [1.807, 2.05) is 6.07 Å². The quantitative estimate of drug-likeness (QED) is 0.625. The van der Waals surface area contributed by atoms with E-state index in [-0.39, 0.29) is 50.2 Å². The molecular weight excluding hydrogens is 446 g/mol. The first-order valence-corrected chi connectivity index (χ1v) is 9.69. The Kier molecular flexibility index (Phi) is 6.16. The van der Waals surface area contributed by atoms with Gasteiger partial charge in [0.15, 0.2) is 5.82 Å². The van der Waals surface area contributed by atoms with Crippen LogP contribution in [0.3, 0.4) is 0 Å². The molecular formula is C18H20F6N6O2. The molecule has 1 aromatic heterocycles. The van der Waals surface area contributed by atoms with Crippen molar-refractivity contribution in [3.63, 3.8) is 0 Å². The van der Waals surface area contributed by atoms with Crippen molar-refractivity contribution in [2.45, 2.75) is 43.6 Å². The van der Waals surface area contributed by atoms with Gasteiger partial charge in [-0.15, -0.1) is 0 Å². The van der Waals surface area contributed by atoms with Crippen LogP contribution in [-0.2, 0) is 10.3 Å². The minimum Gasteiger partial charge on any atom is -0.365 e. The molecule has 1 saturated heterocycles. The van der Waals surface area contributed by atoms with E-state index < -0.39 is 48.1 Å². The Labute approximate surface area is 178 Å². The Bertz CT molecular complexity index is 926. The topological polar surface area (TPSA) is 117 Å². The number of nitrogens with two attached hydrogens (primary N) is 1. The molecule has 1 aliphatic carbocycles. The molecule has 0 radical (unpaired) electrons. The largest absolute Gasteiger partial charge is 0.401 e. The maximum Gasteiger partial charge on any atom is 0.401 e. The summed E-state index contributed by atoms with van der Waals surface area (Å²) in [6.07, 6.45) is -8.05. The van der Waals surface area contributed by atoms with Gasteiger partial charge in [0.1, 0.15) is 5.56 Å². The summed E-state index contributed by atoms with van der Waals surface area (Å²) in [5.41, 5.74) is 3.98. The first-order valence-electron chi connectivity index (χ1n) is 9.69. The molecule has 0 spiro atoms. The fraction of sp³-hybridized carbons (Fsp3) is 0.667. The van der Waals surface area contributed by atoms with Gasteiger partial charge in [-0.3, -0.25) is 19.2 Å². The summed E-state index contributed by atoms with van der Waals surface area (Å²) in [5.74, 6) is -5.39. The van der Waals surface area contributed by atoms with Crippen molar-refractivity contribution < 1.29 is 35.9 Å². The zero-order valence-electron chi connectivity index (χ0n) is 16.6. The molecule has 3 rings (SSSR count). The number of halogens is 6. The van der Waals surface area contributed by atoms with Crippen molar-refractivity contribution >= 4 is 17.6 Å². The third-order valence-electron chi connectivity index (χ3n) is 5.85. The van der Waals surface area contributed by atoms with Gasteiger partial charge in [0.05, 0.1) is 36.4 Å². The predicted octanol–water partition coefficient (Wildman–Crippen LogP) is 2.39. The third kappa shape index (κ3) is 5.14. The molecule has 2 unspecified atom stereocenters. The lowest BCUT2D eigenvalue weighted by Crippen LogP contribution is -2.48. The second-order valence-electron chi connectivity index (χ2n) is 8.13. The van der Waals surface area contributed by atoms with Crippen LogP contribution in [0.1, 0.15) is 36.0 Å². The number of alkyl halides is 6. The van der Waals surface area contributed by atoms with E-state index in [9.17, 15) is 41.2 Å². The molecule has 176 valence electrons. The number of piperidine rings is 1. The second-order valence-corrected chi connectivity index (χ2v) is 8.13. The van der Waals surface area contributed by atoms with Crippen molar-refractivity contribution in [2.24, 2.45) is 17.6 Å². The number of nitrogens with zero attached hydrogens (tertiary/aromatic N) is 4. The molecule has 2 aliphatic rings. The van der Waals surface area contributed by atoms with Crippen LogP contribution >= 0.6 is 0 Å². The van der Waals surface area contributed by atoms with E-state index in [1.165, 1.54) is 15.8 Å². The van der Waals surface area contributed by atoms with Crippen LogP contribution in [0.15, 0.2) is 6.20 Å². The number of hydrogen-bond donors (Lipinski definition) is 2. The molecule has 2 atom stereocenters. The smallest absolute Gasteiger partial charge is 0.365 e. The lowest BCUT2D eigenvalue weighted by molar-refractivity contribution is -0.153. The summed E-state index contributed by atoms with van der Waals surface area (Å²) < 4.78 is 77.4. The van der Waals surface area contributed by atoms with Gasteiger partial charge in [0.25, 0.3) is 5.91 Å². The molecule has 1 aliphatic heterocycles. The molecule has 2 fully saturated rings. The zero-order valence-corrected chi connectivity index (χ0v) is 16.6. The highest BCUT2D eigenvalue weighted by Gasteiger charge is 2.59. The SMILES string of the molecule is N#CCC1(n2cc(C(N)=O)c(NC(=O)C3CC3C(F)(F)F)n2)CCN(CC(F)(F)F)CC1. The Morgan fingerprint density at radius 3 is 2.34 bits per heavy atom. The molecule has 3 N–H and O–H groups in total. The fourth-order valence-electron chi connectivity index (χ4n) is 3.96. The van der Waals surface area contributed by atoms with Crippen molar-refractivity contribution in [2.75, 3.05) is 25.0 Å². The first-order chi connectivity index (χ1) is 14.8. The van der Waals surface area contributed by atoms with Gasteiger partial charge < -0.3 is 11.1 Å². The number of carbonyl (C=O) groups is 2. The molecule has 14 heteroatoms. The molecule has 2 amide bonds. The van der Waals surface area contributed by atoms with E-state index in [1.54, 1.807) is 0 Å². The number of likely N-dealkylation sites (tertiary alicyclic amines) is 1. The van der Waals surface area contributed by atoms with Crippen LogP contribution in [-0.4, -0.2) is 58.5 Å².